The number of benzene rings is 1. The van der Waals surface area contributed by atoms with Crippen molar-refractivity contribution in [3.8, 4) is 11.8 Å². The van der Waals surface area contributed by atoms with E-state index < -0.39 is 11.8 Å². The van der Waals surface area contributed by atoms with Crippen LogP contribution in [0.3, 0.4) is 0 Å². The molecular formula is C15H14N2O5S. The molecule has 1 aromatic carbocycles. The number of ketones is 1. The summed E-state index contributed by atoms with van der Waals surface area (Å²) >= 11 is 1.12. The lowest BCUT2D eigenvalue weighted by atomic mass is 10.1. The summed E-state index contributed by atoms with van der Waals surface area (Å²) in [4.78, 5) is 32.4. The van der Waals surface area contributed by atoms with Crippen LogP contribution in [0.25, 0.3) is 0 Å². The number of rotatable bonds is 6. The van der Waals surface area contributed by atoms with Gasteiger partial charge in [-0.3, -0.25) is 4.79 Å². The summed E-state index contributed by atoms with van der Waals surface area (Å²) in [6, 6.07) is 8.17. The average Bonchev–Trinajstić information content (AvgIpc) is 2.60. The SMILES string of the molecule is COC(=O)C(=O)c1ccccc1Sc1nc(OC)cc(OC)n1. The average molecular weight is 334 g/mol. The minimum Gasteiger partial charge on any atom is -0.481 e. The molecule has 0 fully saturated rings. The van der Waals surface area contributed by atoms with Gasteiger partial charge in [0.25, 0.3) is 5.78 Å². The zero-order valence-electron chi connectivity index (χ0n) is 12.7. The molecule has 0 aliphatic rings. The maximum Gasteiger partial charge on any atom is 0.379 e. The van der Waals surface area contributed by atoms with E-state index in [-0.39, 0.29) is 5.56 Å². The first-order valence-corrected chi connectivity index (χ1v) is 7.27. The summed E-state index contributed by atoms with van der Waals surface area (Å²) in [6.45, 7) is 0. The van der Waals surface area contributed by atoms with E-state index in [1.54, 1.807) is 24.3 Å². The van der Waals surface area contributed by atoms with E-state index in [0.717, 1.165) is 18.9 Å². The number of carbonyl (C=O) groups excluding carboxylic acids is 2. The third-order valence-corrected chi connectivity index (χ3v) is 3.72. The van der Waals surface area contributed by atoms with Crippen molar-refractivity contribution in [3.63, 3.8) is 0 Å². The van der Waals surface area contributed by atoms with Gasteiger partial charge in [0, 0.05) is 10.5 Å². The summed E-state index contributed by atoms with van der Waals surface area (Å²) in [5.74, 6) is -1.00. The first-order valence-electron chi connectivity index (χ1n) is 6.45. The number of methoxy groups -OCH3 is 3. The van der Waals surface area contributed by atoms with Crippen LogP contribution in [0, 0.1) is 0 Å². The van der Waals surface area contributed by atoms with Gasteiger partial charge in [-0.15, -0.1) is 0 Å². The molecule has 0 saturated heterocycles. The molecule has 23 heavy (non-hydrogen) atoms. The fraction of sp³-hybridized carbons (Fsp3) is 0.200. The molecule has 0 aliphatic carbocycles. The van der Waals surface area contributed by atoms with Crippen molar-refractivity contribution in [2.45, 2.75) is 10.1 Å². The molecule has 2 rings (SSSR count). The second-order valence-corrected chi connectivity index (χ2v) is 5.16. The molecule has 0 aliphatic heterocycles. The molecule has 0 bridgehead atoms. The first kappa shape index (κ1) is 16.8. The Hall–Kier alpha value is -2.61. The predicted octanol–water partition coefficient (Wildman–Crippen LogP) is 2.00. The number of nitrogens with zero attached hydrogens (tertiary/aromatic N) is 2. The van der Waals surface area contributed by atoms with Crippen molar-refractivity contribution in [2.75, 3.05) is 21.3 Å². The molecule has 0 amide bonds. The van der Waals surface area contributed by atoms with Crippen LogP contribution >= 0.6 is 11.8 Å². The minimum absolute atomic E-state index is 0.217. The highest BCUT2D eigenvalue weighted by Crippen LogP contribution is 2.31. The summed E-state index contributed by atoms with van der Waals surface area (Å²) in [6.07, 6.45) is 0. The highest BCUT2D eigenvalue weighted by atomic mass is 32.2. The molecule has 0 spiro atoms. The summed E-state index contributed by atoms with van der Waals surface area (Å²) in [5.41, 5.74) is 0.217. The van der Waals surface area contributed by atoms with E-state index in [1.807, 2.05) is 0 Å². The lowest BCUT2D eigenvalue weighted by molar-refractivity contribution is -0.135. The molecule has 1 heterocycles. The van der Waals surface area contributed by atoms with Crippen molar-refractivity contribution in [3.05, 3.63) is 35.9 Å². The van der Waals surface area contributed by atoms with E-state index in [4.69, 9.17) is 9.47 Å². The van der Waals surface area contributed by atoms with Crippen molar-refractivity contribution < 1.29 is 23.8 Å². The molecule has 0 radical (unpaired) electrons. The van der Waals surface area contributed by atoms with Gasteiger partial charge in [-0.2, -0.15) is 9.97 Å². The Morgan fingerprint density at radius 2 is 1.61 bits per heavy atom. The topological polar surface area (TPSA) is 87.6 Å². The van der Waals surface area contributed by atoms with Crippen LogP contribution in [-0.4, -0.2) is 43.0 Å². The Morgan fingerprint density at radius 3 is 2.17 bits per heavy atom. The monoisotopic (exact) mass is 334 g/mol. The highest BCUT2D eigenvalue weighted by molar-refractivity contribution is 7.99. The van der Waals surface area contributed by atoms with E-state index in [2.05, 4.69) is 14.7 Å². The molecule has 1 aromatic heterocycles. The van der Waals surface area contributed by atoms with Gasteiger partial charge >= 0.3 is 5.97 Å². The summed E-state index contributed by atoms with van der Waals surface area (Å²) < 4.78 is 14.6. The van der Waals surface area contributed by atoms with E-state index >= 15 is 0 Å². The molecule has 120 valence electrons. The number of ether oxygens (including phenoxy) is 3. The quantitative estimate of drug-likeness (QED) is 0.343. The van der Waals surface area contributed by atoms with Crippen LogP contribution in [0.4, 0.5) is 0 Å². The number of aromatic nitrogens is 2. The fourth-order valence-electron chi connectivity index (χ4n) is 1.68. The molecule has 0 saturated carbocycles. The predicted molar refractivity (Wildman–Crippen MR) is 82.0 cm³/mol. The molecule has 0 atom stereocenters. The van der Waals surface area contributed by atoms with Crippen LogP contribution in [0.5, 0.6) is 11.8 Å². The number of esters is 1. The van der Waals surface area contributed by atoms with Crippen LogP contribution in [0.1, 0.15) is 10.4 Å². The second-order valence-electron chi connectivity index (χ2n) is 4.15. The van der Waals surface area contributed by atoms with E-state index in [1.165, 1.54) is 20.3 Å². The standard InChI is InChI=1S/C15H14N2O5S/c1-20-11-8-12(21-2)17-15(16-11)23-10-7-5-4-6-9(10)13(18)14(19)22-3/h4-8H,1-3H3. The smallest absolute Gasteiger partial charge is 0.379 e. The van der Waals surface area contributed by atoms with Crippen LogP contribution in [-0.2, 0) is 9.53 Å². The number of Topliss-reactive ketones (excluding diaryl/α,β-unsaturated/α-hetero) is 1. The normalized spacial score (nSPS) is 10.0. The summed E-state index contributed by atoms with van der Waals surface area (Å²) in [7, 11) is 4.11. The first-order chi connectivity index (χ1) is 11.1. The third kappa shape index (κ3) is 3.98. The lowest BCUT2D eigenvalue weighted by Crippen LogP contribution is -2.16. The molecule has 0 unspecified atom stereocenters. The van der Waals surface area contributed by atoms with Crippen LogP contribution < -0.4 is 9.47 Å². The van der Waals surface area contributed by atoms with Gasteiger partial charge in [0.1, 0.15) is 0 Å². The number of hydrogen-bond acceptors (Lipinski definition) is 8. The Morgan fingerprint density at radius 1 is 1.00 bits per heavy atom. The van der Waals surface area contributed by atoms with Crippen molar-refractivity contribution >= 4 is 23.5 Å². The van der Waals surface area contributed by atoms with Crippen molar-refractivity contribution in [1.82, 2.24) is 9.97 Å². The zero-order chi connectivity index (χ0) is 16.8. The van der Waals surface area contributed by atoms with Gasteiger partial charge < -0.3 is 14.2 Å². The Labute approximate surface area is 137 Å². The van der Waals surface area contributed by atoms with Gasteiger partial charge in [-0.1, -0.05) is 12.1 Å². The Balaban J connectivity index is 2.37. The fourth-order valence-corrected chi connectivity index (χ4v) is 2.57. The Bertz CT molecular complexity index is 713. The van der Waals surface area contributed by atoms with Gasteiger partial charge in [0.05, 0.1) is 27.4 Å². The zero-order valence-corrected chi connectivity index (χ0v) is 13.5. The maximum atomic E-state index is 12.1. The largest absolute Gasteiger partial charge is 0.481 e. The lowest BCUT2D eigenvalue weighted by Gasteiger charge is -2.08. The van der Waals surface area contributed by atoms with Crippen LogP contribution in [0.15, 0.2) is 40.4 Å². The van der Waals surface area contributed by atoms with Gasteiger partial charge in [-0.05, 0) is 23.9 Å². The van der Waals surface area contributed by atoms with E-state index in [0.29, 0.717) is 21.8 Å². The van der Waals surface area contributed by atoms with Gasteiger partial charge in [0.15, 0.2) is 5.16 Å². The molecule has 0 N–H and O–H groups in total. The summed E-state index contributed by atoms with van der Waals surface area (Å²) in [5, 5.41) is 0.325. The Kier molecular flexibility index (Phi) is 5.53. The highest BCUT2D eigenvalue weighted by Gasteiger charge is 2.21. The molecule has 7 nitrogen and oxygen atoms in total. The molecular weight excluding hydrogens is 320 g/mol. The third-order valence-electron chi connectivity index (χ3n) is 2.78. The van der Waals surface area contributed by atoms with Crippen LogP contribution in [0.2, 0.25) is 0 Å². The van der Waals surface area contributed by atoms with Gasteiger partial charge in [-0.25, -0.2) is 4.79 Å². The molecule has 8 heteroatoms. The number of hydrogen-bond donors (Lipinski definition) is 0. The van der Waals surface area contributed by atoms with E-state index in [9.17, 15) is 9.59 Å². The maximum absolute atomic E-state index is 12.1. The van der Waals surface area contributed by atoms with Gasteiger partial charge in [0.2, 0.25) is 11.8 Å². The van der Waals surface area contributed by atoms with Crippen molar-refractivity contribution in [2.24, 2.45) is 0 Å². The second kappa shape index (κ2) is 7.59. The minimum atomic E-state index is -0.929. The number of carbonyl (C=O) groups is 2. The van der Waals surface area contributed by atoms with Crippen molar-refractivity contribution in [1.29, 1.82) is 0 Å². The molecule has 2 aromatic rings.